The molecular weight excluding hydrogens is 293 g/mol. The van der Waals surface area contributed by atoms with Crippen molar-refractivity contribution < 1.29 is 24.9 Å². The molecule has 0 fully saturated rings. The molecule has 13 heavy (non-hydrogen) atoms. The van der Waals surface area contributed by atoms with Gasteiger partial charge in [-0.05, 0) is 13.8 Å². The number of hydrogen-bond acceptors (Lipinski definition) is 3. The van der Waals surface area contributed by atoms with Gasteiger partial charge in [0.25, 0.3) is 5.97 Å². The third-order valence-electron chi connectivity index (χ3n) is 0. The van der Waals surface area contributed by atoms with Crippen molar-refractivity contribution in [3.05, 3.63) is 0 Å². The van der Waals surface area contributed by atoms with Crippen molar-refractivity contribution in [3.8, 4) is 0 Å². The van der Waals surface area contributed by atoms with Gasteiger partial charge in [0.1, 0.15) is 5.78 Å². The number of halogens is 1. The number of Topliss-reactive ketones (excluding diaryl/α,β-unsaturated/α-hetero) is 1. The minimum absolute atomic E-state index is 0. The van der Waals surface area contributed by atoms with Crippen molar-refractivity contribution in [2.75, 3.05) is 0 Å². The van der Waals surface area contributed by atoms with Gasteiger partial charge < -0.3 is 32.4 Å². The van der Waals surface area contributed by atoms with Crippen molar-refractivity contribution in [1.82, 2.24) is 12.3 Å². The number of carbonyl (C=O) groups excluding carboxylic acids is 1. The zero-order chi connectivity index (χ0) is 7.15. The van der Waals surface area contributed by atoms with Crippen LogP contribution in [-0.4, -0.2) is 46.8 Å². The van der Waals surface area contributed by atoms with Crippen molar-refractivity contribution in [3.63, 3.8) is 0 Å². The molecular formula is C5H19FN2O4Sb. The molecule has 85 valence electrons. The average Bonchev–Trinajstić information content (AvgIpc) is 1.25. The largest absolute Gasteiger partial charge is 1.00 e. The van der Waals surface area contributed by atoms with Crippen LogP contribution < -0.4 is 17.0 Å². The van der Waals surface area contributed by atoms with Crippen LogP contribution in [0.5, 0.6) is 0 Å². The van der Waals surface area contributed by atoms with Gasteiger partial charge in [0.15, 0.2) is 0 Å². The number of hydrogen-bond donors (Lipinski definition) is 3. The Bertz CT molecular complexity index is 84.5. The van der Waals surface area contributed by atoms with Crippen molar-refractivity contribution in [2.24, 2.45) is 0 Å². The Balaban J connectivity index is -0.00000000800. The van der Waals surface area contributed by atoms with Gasteiger partial charge in [-0.15, -0.1) is 0 Å². The zero-order valence-corrected chi connectivity index (χ0v) is 11.1. The summed E-state index contributed by atoms with van der Waals surface area (Å²) in [6.45, 7) is 4.14. The van der Waals surface area contributed by atoms with Crippen molar-refractivity contribution in [2.45, 2.75) is 20.8 Å². The van der Waals surface area contributed by atoms with Crippen LogP contribution in [0.15, 0.2) is 0 Å². The maximum Gasteiger partial charge on any atom is 0.300 e. The molecule has 0 aromatic carbocycles. The fourth-order valence-electron chi connectivity index (χ4n) is 0. The monoisotopic (exact) mass is 311 g/mol. The molecule has 0 saturated heterocycles. The second kappa shape index (κ2) is 41.0. The Morgan fingerprint density at radius 2 is 1.00 bits per heavy atom. The van der Waals surface area contributed by atoms with Gasteiger partial charge in [0, 0.05) is 31.4 Å². The summed E-state index contributed by atoms with van der Waals surface area (Å²) in [6, 6.07) is 0. The maximum absolute atomic E-state index is 9.44. The molecule has 0 aromatic rings. The van der Waals surface area contributed by atoms with E-state index in [0.29, 0.717) is 0 Å². The van der Waals surface area contributed by atoms with Crippen LogP contribution in [-0.2, 0) is 9.59 Å². The first-order chi connectivity index (χ1) is 3.46. The number of quaternary nitrogens is 2. The standard InChI is InChI=1S/C3H6O.C2H4O2.FH.2H3N.H2O.Sb/c1-3(2)4;1-2(3)4;;;;;/h1-2H3;1H3,(H,3,4);1H;2*1H3;1H2;. The molecule has 8 heteroatoms. The third kappa shape index (κ3) is 20900. The van der Waals surface area contributed by atoms with Gasteiger partial charge in [-0.3, -0.25) is 4.79 Å². The fraction of sp³-hybridized carbons (Fsp3) is 0.600. The first-order valence-electron chi connectivity index (χ1n) is 2.13. The van der Waals surface area contributed by atoms with E-state index in [1.165, 1.54) is 13.8 Å². The molecule has 0 amide bonds. The molecule has 0 atom stereocenters. The molecule has 10 N–H and O–H groups in total. The van der Waals surface area contributed by atoms with E-state index in [-0.39, 0.29) is 52.7 Å². The van der Waals surface area contributed by atoms with E-state index in [0.717, 1.165) is 6.92 Å². The van der Waals surface area contributed by atoms with Gasteiger partial charge >= 0.3 is 0 Å². The summed E-state index contributed by atoms with van der Waals surface area (Å²) in [6.07, 6.45) is 0. The molecule has 6 nitrogen and oxygen atoms in total. The molecule has 0 spiro atoms. The van der Waals surface area contributed by atoms with Crippen LogP contribution in [0.1, 0.15) is 20.8 Å². The van der Waals surface area contributed by atoms with Gasteiger partial charge in [-0.1, -0.05) is 0 Å². The summed E-state index contributed by atoms with van der Waals surface area (Å²) in [5.74, 6) is -0.667. The van der Waals surface area contributed by atoms with E-state index in [9.17, 15) is 4.79 Å². The predicted octanol–water partition coefficient (Wildman–Crippen LogP) is -2.11. The first kappa shape index (κ1) is 53.1. The predicted molar refractivity (Wildman–Crippen MR) is 49.3 cm³/mol. The summed E-state index contributed by atoms with van der Waals surface area (Å²) in [7, 11) is 0. The van der Waals surface area contributed by atoms with E-state index in [4.69, 9.17) is 9.90 Å². The number of carboxylic acid groups (broad SMARTS) is 1. The quantitative estimate of drug-likeness (QED) is 0.437. The van der Waals surface area contributed by atoms with Crippen LogP contribution >= 0.6 is 0 Å². The average molecular weight is 312 g/mol. The Hall–Kier alpha value is -0.232. The van der Waals surface area contributed by atoms with Crippen LogP contribution in [0.25, 0.3) is 0 Å². The molecule has 0 heterocycles. The molecule has 0 aromatic heterocycles. The summed E-state index contributed by atoms with van der Waals surface area (Å²) in [5.41, 5.74) is 0. The SMILES string of the molecule is CC(=O)O.CC(C)=O.[F-].[NH4+].[NH4+].[OH-].[Sb]. The van der Waals surface area contributed by atoms with E-state index >= 15 is 0 Å². The van der Waals surface area contributed by atoms with Gasteiger partial charge in [0.2, 0.25) is 0 Å². The van der Waals surface area contributed by atoms with E-state index in [2.05, 4.69) is 0 Å². The Morgan fingerprint density at radius 1 is 1.00 bits per heavy atom. The zero-order valence-electron chi connectivity index (χ0n) is 8.54. The van der Waals surface area contributed by atoms with E-state index in [1.807, 2.05) is 0 Å². The number of ketones is 1. The van der Waals surface area contributed by atoms with E-state index in [1.54, 1.807) is 0 Å². The van der Waals surface area contributed by atoms with Crippen LogP contribution in [0.2, 0.25) is 0 Å². The van der Waals surface area contributed by atoms with Crippen molar-refractivity contribution in [1.29, 1.82) is 0 Å². The Morgan fingerprint density at radius 3 is 1.00 bits per heavy atom. The van der Waals surface area contributed by atoms with E-state index < -0.39 is 5.97 Å². The second-order valence-electron chi connectivity index (χ2n) is 1.43. The molecule has 3 radical (unpaired) electrons. The van der Waals surface area contributed by atoms with Crippen molar-refractivity contribution >= 4 is 36.2 Å². The van der Waals surface area contributed by atoms with Gasteiger partial charge in [0.05, 0.1) is 0 Å². The number of carbonyl (C=O) groups is 2. The number of carboxylic acids is 1. The first-order valence-corrected chi connectivity index (χ1v) is 2.13. The summed E-state index contributed by atoms with van der Waals surface area (Å²) < 4.78 is 0. The molecule has 0 saturated carbocycles. The molecule has 0 bridgehead atoms. The van der Waals surface area contributed by atoms with Gasteiger partial charge in [-0.2, -0.15) is 0 Å². The molecule has 0 aliphatic heterocycles. The number of rotatable bonds is 0. The number of aliphatic carboxylic acids is 1. The molecule has 0 rings (SSSR count). The Kier molecular flexibility index (Phi) is 168. The smallest absolute Gasteiger partial charge is 0.300 e. The van der Waals surface area contributed by atoms with Crippen LogP contribution in [0.3, 0.4) is 0 Å². The molecule has 0 aliphatic carbocycles. The third-order valence-corrected chi connectivity index (χ3v) is 0. The van der Waals surface area contributed by atoms with Gasteiger partial charge in [-0.25, -0.2) is 0 Å². The molecule has 0 aliphatic rings. The maximum atomic E-state index is 9.44. The fourth-order valence-corrected chi connectivity index (χ4v) is 0. The summed E-state index contributed by atoms with van der Waals surface area (Å²) in [4.78, 5) is 18.4. The minimum Gasteiger partial charge on any atom is -1.00 e. The van der Waals surface area contributed by atoms with Crippen LogP contribution in [0, 0.1) is 0 Å². The summed E-state index contributed by atoms with van der Waals surface area (Å²) >= 11 is 0. The van der Waals surface area contributed by atoms with Crippen LogP contribution in [0.4, 0.5) is 0 Å². The minimum atomic E-state index is -0.833. The second-order valence-corrected chi connectivity index (χ2v) is 1.43. The topological polar surface area (TPSA) is 157 Å². The summed E-state index contributed by atoms with van der Waals surface area (Å²) in [5, 5.41) is 7.42. The molecule has 0 unspecified atom stereocenters. The normalized spacial score (nSPS) is 3.92. The Labute approximate surface area is 94.4 Å².